The number of anilines is 1. The van der Waals surface area contributed by atoms with Gasteiger partial charge in [-0.05, 0) is 43.4 Å². The van der Waals surface area contributed by atoms with Crippen LogP contribution in [0.2, 0.25) is 5.02 Å². The molecule has 1 aliphatic carbocycles. The fraction of sp³-hybridized carbons (Fsp3) is 0.588. The maximum Gasteiger partial charge on any atom is 0.241 e. The molecule has 0 saturated heterocycles. The summed E-state index contributed by atoms with van der Waals surface area (Å²) in [7, 11) is 0. The Balaban J connectivity index is 1.96. The molecule has 5 heteroatoms. The van der Waals surface area contributed by atoms with E-state index in [0.717, 1.165) is 6.42 Å². The highest BCUT2D eigenvalue weighted by molar-refractivity contribution is 6.30. The monoisotopic (exact) mass is 326 g/mol. The summed E-state index contributed by atoms with van der Waals surface area (Å²) in [5, 5.41) is 6.39. The van der Waals surface area contributed by atoms with Crippen LogP contribution < -0.4 is 10.6 Å². The fourth-order valence-electron chi connectivity index (χ4n) is 3.05. The van der Waals surface area contributed by atoms with Gasteiger partial charge in [-0.3, -0.25) is 4.79 Å². The molecule has 2 N–H and O–H groups in total. The van der Waals surface area contributed by atoms with E-state index in [1.807, 2.05) is 6.92 Å². The van der Waals surface area contributed by atoms with Crippen molar-refractivity contribution in [2.75, 3.05) is 5.32 Å². The van der Waals surface area contributed by atoms with Gasteiger partial charge in [0.05, 0.1) is 11.7 Å². The molecule has 1 fully saturated rings. The number of halogens is 2. The van der Waals surface area contributed by atoms with Crippen molar-refractivity contribution in [3.8, 4) is 0 Å². The lowest BCUT2D eigenvalue weighted by atomic mass is 9.78. The molecule has 1 saturated carbocycles. The van der Waals surface area contributed by atoms with Crippen LogP contribution in [0, 0.1) is 17.7 Å². The van der Waals surface area contributed by atoms with Gasteiger partial charge in [0, 0.05) is 11.1 Å². The SMILES string of the molecule is CC(NC1CCCC(C)C1C)C(=O)Nc1cc(Cl)ccc1F. The molecular formula is C17H24ClFN2O. The fourth-order valence-corrected chi connectivity index (χ4v) is 3.22. The predicted octanol–water partition coefficient (Wildman–Crippen LogP) is 4.22. The number of carbonyl (C=O) groups is 1. The first-order chi connectivity index (χ1) is 10.4. The van der Waals surface area contributed by atoms with Crippen LogP contribution in [0.4, 0.5) is 10.1 Å². The molecule has 2 rings (SSSR count). The van der Waals surface area contributed by atoms with Crippen molar-refractivity contribution in [1.82, 2.24) is 5.32 Å². The maximum absolute atomic E-state index is 13.7. The number of hydrogen-bond acceptors (Lipinski definition) is 2. The van der Waals surface area contributed by atoms with Crippen LogP contribution in [0.15, 0.2) is 18.2 Å². The molecule has 0 aliphatic heterocycles. The second-order valence-corrected chi connectivity index (χ2v) is 6.81. The molecule has 122 valence electrons. The largest absolute Gasteiger partial charge is 0.322 e. The molecule has 22 heavy (non-hydrogen) atoms. The first-order valence-electron chi connectivity index (χ1n) is 7.90. The molecule has 0 aromatic heterocycles. The van der Waals surface area contributed by atoms with Gasteiger partial charge >= 0.3 is 0 Å². The van der Waals surface area contributed by atoms with Gasteiger partial charge in [-0.15, -0.1) is 0 Å². The summed E-state index contributed by atoms with van der Waals surface area (Å²) in [6.45, 7) is 6.29. The number of rotatable bonds is 4. The number of amides is 1. The number of benzene rings is 1. The Kier molecular flexibility index (Phi) is 5.81. The van der Waals surface area contributed by atoms with Crippen LogP contribution in [0.25, 0.3) is 0 Å². The summed E-state index contributed by atoms with van der Waals surface area (Å²) in [5.74, 6) is 0.468. The Morgan fingerprint density at radius 3 is 2.82 bits per heavy atom. The number of hydrogen-bond donors (Lipinski definition) is 2. The highest BCUT2D eigenvalue weighted by Gasteiger charge is 2.29. The Labute approximate surface area is 136 Å². The topological polar surface area (TPSA) is 41.1 Å². The highest BCUT2D eigenvalue weighted by Crippen LogP contribution is 2.29. The zero-order valence-corrected chi connectivity index (χ0v) is 14.1. The molecular weight excluding hydrogens is 303 g/mol. The van der Waals surface area contributed by atoms with E-state index in [0.29, 0.717) is 22.9 Å². The van der Waals surface area contributed by atoms with Crippen LogP contribution in [0.3, 0.4) is 0 Å². The molecule has 0 heterocycles. The lowest BCUT2D eigenvalue weighted by Crippen LogP contribution is -2.49. The molecule has 4 unspecified atom stereocenters. The zero-order chi connectivity index (χ0) is 16.3. The van der Waals surface area contributed by atoms with Gasteiger partial charge in [-0.1, -0.05) is 38.3 Å². The molecule has 0 radical (unpaired) electrons. The third-order valence-electron chi connectivity index (χ3n) is 4.75. The first-order valence-corrected chi connectivity index (χ1v) is 8.28. The molecule has 1 aromatic carbocycles. The van der Waals surface area contributed by atoms with E-state index in [-0.39, 0.29) is 17.6 Å². The minimum atomic E-state index is -0.482. The minimum Gasteiger partial charge on any atom is -0.322 e. The highest BCUT2D eigenvalue weighted by atomic mass is 35.5. The van der Waals surface area contributed by atoms with Crippen molar-refractivity contribution in [2.45, 2.75) is 52.1 Å². The van der Waals surface area contributed by atoms with E-state index in [1.165, 1.54) is 31.0 Å². The van der Waals surface area contributed by atoms with E-state index in [9.17, 15) is 9.18 Å². The summed E-state index contributed by atoms with van der Waals surface area (Å²) in [6.07, 6.45) is 3.50. The van der Waals surface area contributed by atoms with Crippen molar-refractivity contribution < 1.29 is 9.18 Å². The van der Waals surface area contributed by atoms with Gasteiger partial charge in [0.15, 0.2) is 0 Å². The van der Waals surface area contributed by atoms with E-state index in [1.54, 1.807) is 0 Å². The summed E-state index contributed by atoms with van der Waals surface area (Å²) in [4.78, 5) is 12.3. The quantitative estimate of drug-likeness (QED) is 0.869. The third-order valence-corrected chi connectivity index (χ3v) is 4.99. The zero-order valence-electron chi connectivity index (χ0n) is 13.3. The Bertz CT molecular complexity index is 537. The van der Waals surface area contributed by atoms with Crippen molar-refractivity contribution >= 4 is 23.2 Å². The molecule has 0 bridgehead atoms. The smallest absolute Gasteiger partial charge is 0.241 e. The van der Waals surface area contributed by atoms with Crippen LogP contribution in [0.5, 0.6) is 0 Å². The van der Waals surface area contributed by atoms with Crippen LogP contribution >= 0.6 is 11.6 Å². The number of nitrogens with one attached hydrogen (secondary N) is 2. The standard InChI is InChI=1S/C17H24ClFN2O/c1-10-5-4-6-15(11(10)2)20-12(3)17(22)21-16-9-13(18)7-8-14(16)19/h7-12,15,20H,4-6H2,1-3H3,(H,21,22). The predicted molar refractivity (Wildman–Crippen MR) is 88.6 cm³/mol. The van der Waals surface area contributed by atoms with Gasteiger partial charge in [-0.2, -0.15) is 0 Å². The molecule has 1 amide bonds. The average molecular weight is 327 g/mol. The van der Waals surface area contributed by atoms with Crippen LogP contribution in [0.1, 0.15) is 40.0 Å². The minimum absolute atomic E-state index is 0.121. The lowest BCUT2D eigenvalue weighted by molar-refractivity contribution is -0.118. The lowest BCUT2D eigenvalue weighted by Gasteiger charge is -2.36. The summed E-state index contributed by atoms with van der Waals surface area (Å²) in [5.41, 5.74) is 0.121. The van der Waals surface area contributed by atoms with Gasteiger partial charge in [0.25, 0.3) is 0 Å². The second kappa shape index (κ2) is 7.42. The van der Waals surface area contributed by atoms with Gasteiger partial charge in [0.2, 0.25) is 5.91 Å². The first kappa shape index (κ1) is 17.2. The maximum atomic E-state index is 13.7. The van der Waals surface area contributed by atoms with Crippen molar-refractivity contribution in [1.29, 1.82) is 0 Å². The summed E-state index contributed by atoms with van der Waals surface area (Å²) in [6, 6.07) is 4.08. The summed E-state index contributed by atoms with van der Waals surface area (Å²) < 4.78 is 13.7. The van der Waals surface area contributed by atoms with Gasteiger partial charge < -0.3 is 10.6 Å². The van der Waals surface area contributed by atoms with E-state index in [4.69, 9.17) is 11.6 Å². The Hall–Kier alpha value is -1.13. The van der Waals surface area contributed by atoms with E-state index >= 15 is 0 Å². The Morgan fingerprint density at radius 2 is 2.09 bits per heavy atom. The van der Waals surface area contributed by atoms with Crippen LogP contribution in [-0.4, -0.2) is 18.0 Å². The molecule has 1 aliphatic rings. The van der Waals surface area contributed by atoms with Gasteiger partial charge in [-0.25, -0.2) is 4.39 Å². The molecule has 1 aromatic rings. The van der Waals surface area contributed by atoms with Crippen molar-refractivity contribution in [3.05, 3.63) is 29.0 Å². The third kappa shape index (κ3) is 4.20. The number of carbonyl (C=O) groups excluding carboxylic acids is 1. The van der Waals surface area contributed by atoms with Gasteiger partial charge in [0.1, 0.15) is 5.82 Å². The molecule has 0 spiro atoms. The van der Waals surface area contributed by atoms with E-state index in [2.05, 4.69) is 24.5 Å². The molecule has 3 nitrogen and oxygen atoms in total. The summed E-state index contributed by atoms with van der Waals surface area (Å²) >= 11 is 5.84. The average Bonchev–Trinajstić information content (AvgIpc) is 2.47. The van der Waals surface area contributed by atoms with E-state index < -0.39 is 5.82 Å². The van der Waals surface area contributed by atoms with Crippen LogP contribution in [-0.2, 0) is 4.79 Å². The Morgan fingerprint density at radius 1 is 1.36 bits per heavy atom. The molecule has 4 atom stereocenters. The second-order valence-electron chi connectivity index (χ2n) is 6.38. The normalized spacial score (nSPS) is 26.5. The van der Waals surface area contributed by atoms with Crippen molar-refractivity contribution in [2.24, 2.45) is 11.8 Å². The van der Waals surface area contributed by atoms with Crippen molar-refractivity contribution in [3.63, 3.8) is 0 Å².